The maximum atomic E-state index is 11.3. The third-order valence-electron chi connectivity index (χ3n) is 3.00. The van der Waals surface area contributed by atoms with Crippen molar-refractivity contribution in [3.63, 3.8) is 0 Å². The van der Waals surface area contributed by atoms with Crippen molar-refractivity contribution in [2.75, 3.05) is 7.11 Å². The van der Waals surface area contributed by atoms with E-state index in [4.69, 9.17) is 27.8 Å². The highest BCUT2D eigenvalue weighted by atomic mass is 35.5. The van der Waals surface area contributed by atoms with Crippen LogP contribution >= 0.6 is 11.6 Å². The van der Waals surface area contributed by atoms with Crippen molar-refractivity contribution in [2.24, 2.45) is 16.9 Å². The molecule has 0 aliphatic carbocycles. The Kier molecular flexibility index (Phi) is 4.59. The Labute approximate surface area is 112 Å². The molecule has 0 saturated carbocycles. The SMILES string of the molecule is COc1ccc(C(N)CC(C)(C)C(N)=O)cc1Cl. The largest absolute Gasteiger partial charge is 0.495 e. The molecule has 0 heterocycles. The molecule has 0 aliphatic heterocycles. The zero-order valence-electron chi connectivity index (χ0n) is 10.9. The standard InChI is InChI=1S/C13H19ClN2O2/c1-13(2,12(16)17)7-10(15)8-4-5-11(18-3)9(14)6-8/h4-6,10H,7,15H2,1-3H3,(H2,16,17). The highest BCUT2D eigenvalue weighted by Gasteiger charge is 2.28. The van der Waals surface area contributed by atoms with Crippen LogP contribution in [0, 0.1) is 5.41 Å². The first kappa shape index (κ1) is 14.8. The molecule has 1 unspecified atom stereocenters. The van der Waals surface area contributed by atoms with Crippen molar-refractivity contribution >= 4 is 17.5 Å². The van der Waals surface area contributed by atoms with Gasteiger partial charge < -0.3 is 16.2 Å². The van der Waals surface area contributed by atoms with Crippen LogP contribution in [0.5, 0.6) is 5.75 Å². The van der Waals surface area contributed by atoms with Crippen LogP contribution in [0.25, 0.3) is 0 Å². The van der Waals surface area contributed by atoms with Crippen LogP contribution in [0.15, 0.2) is 18.2 Å². The lowest BCUT2D eigenvalue weighted by Gasteiger charge is -2.25. The summed E-state index contributed by atoms with van der Waals surface area (Å²) in [4.78, 5) is 11.3. The maximum absolute atomic E-state index is 11.3. The summed E-state index contributed by atoms with van der Waals surface area (Å²) in [5.74, 6) is 0.235. The molecule has 18 heavy (non-hydrogen) atoms. The van der Waals surface area contributed by atoms with Gasteiger partial charge in [0.15, 0.2) is 0 Å². The predicted octanol–water partition coefficient (Wildman–Crippen LogP) is 2.25. The van der Waals surface area contributed by atoms with Gasteiger partial charge in [-0.1, -0.05) is 31.5 Å². The lowest BCUT2D eigenvalue weighted by atomic mass is 9.83. The first-order valence-corrected chi connectivity index (χ1v) is 6.04. The molecule has 1 amide bonds. The Bertz CT molecular complexity index is 447. The molecule has 0 spiro atoms. The topological polar surface area (TPSA) is 78.3 Å². The Hall–Kier alpha value is -1.26. The Morgan fingerprint density at radius 2 is 2.11 bits per heavy atom. The van der Waals surface area contributed by atoms with E-state index in [1.54, 1.807) is 33.1 Å². The van der Waals surface area contributed by atoms with E-state index < -0.39 is 5.41 Å². The first-order valence-electron chi connectivity index (χ1n) is 5.67. The molecule has 1 aromatic rings. The van der Waals surface area contributed by atoms with Crippen molar-refractivity contribution in [3.8, 4) is 5.75 Å². The lowest BCUT2D eigenvalue weighted by Crippen LogP contribution is -2.34. The molecule has 0 aliphatic rings. The number of carbonyl (C=O) groups is 1. The number of carbonyl (C=O) groups excluding carboxylic acids is 1. The average Bonchev–Trinajstić information content (AvgIpc) is 2.28. The van der Waals surface area contributed by atoms with Crippen LogP contribution in [0.2, 0.25) is 5.02 Å². The van der Waals surface area contributed by atoms with Crippen molar-refractivity contribution in [3.05, 3.63) is 28.8 Å². The number of halogens is 1. The summed E-state index contributed by atoms with van der Waals surface area (Å²) >= 11 is 6.04. The summed E-state index contributed by atoms with van der Waals surface area (Å²) in [6.45, 7) is 3.56. The summed E-state index contributed by atoms with van der Waals surface area (Å²) in [7, 11) is 1.55. The number of hydrogen-bond acceptors (Lipinski definition) is 3. The van der Waals surface area contributed by atoms with Gasteiger partial charge in [0.1, 0.15) is 5.75 Å². The minimum atomic E-state index is -0.647. The Balaban J connectivity index is 2.88. The molecular weight excluding hydrogens is 252 g/mol. The third-order valence-corrected chi connectivity index (χ3v) is 3.30. The minimum absolute atomic E-state index is 0.295. The van der Waals surface area contributed by atoms with Gasteiger partial charge in [-0.25, -0.2) is 0 Å². The highest BCUT2D eigenvalue weighted by Crippen LogP contribution is 2.32. The molecule has 0 aromatic heterocycles. The molecule has 1 aromatic carbocycles. The number of hydrogen-bond donors (Lipinski definition) is 2. The van der Waals surface area contributed by atoms with E-state index in [1.807, 2.05) is 6.07 Å². The fourth-order valence-corrected chi connectivity index (χ4v) is 1.95. The summed E-state index contributed by atoms with van der Waals surface area (Å²) in [5, 5.41) is 0.502. The molecule has 1 rings (SSSR count). The van der Waals surface area contributed by atoms with Crippen LogP contribution in [0.1, 0.15) is 31.9 Å². The molecular formula is C13H19ClN2O2. The lowest BCUT2D eigenvalue weighted by molar-refractivity contribution is -0.126. The first-order chi connectivity index (χ1) is 8.27. The molecule has 0 fully saturated rings. The minimum Gasteiger partial charge on any atom is -0.495 e. The van der Waals surface area contributed by atoms with Crippen LogP contribution in [0.3, 0.4) is 0 Å². The van der Waals surface area contributed by atoms with Gasteiger partial charge in [0.2, 0.25) is 5.91 Å². The quantitative estimate of drug-likeness (QED) is 0.861. The Morgan fingerprint density at radius 1 is 1.50 bits per heavy atom. The van der Waals surface area contributed by atoms with E-state index >= 15 is 0 Å². The van der Waals surface area contributed by atoms with Crippen LogP contribution in [-0.4, -0.2) is 13.0 Å². The van der Waals surface area contributed by atoms with E-state index in [1.165, 1.54) is 0 Å². The fraction of sp³-hybridized carbons (Fsp3) is 0.462. The van der Waals surface area contributed by atoms with Crippen LogP contribution in [0.4, 0.5) is 0 Å². The van der Waals surface area contributed by atoms with Gasteiger partial charge in [0, 0.05) is 11.5 Å². The third kappa shape index (κ3) is 3.37. The van der Waals surface area contributed by atoms with Gasteiger partial charge in [-0.2, -0.15) is 0 Å². The van der Waals surface area contributed by atoms with Crippen LogP contribution in [-0.2, 0) is 4.79 Å². The summed E-state index contributed by atoms with van der Waals surface area (Å²) in [6.07, 6.45) is 0.463. The number of primary amides is 1. The zero-order valence-corrected chi connectivity index (χ0v) is 11.6. The van der Waals surface area contributed by atoms with Gasteiger partial charge in [-0.15, -0.1) is 0 Å². The molecule has 0 radical (unpaired) electrons. The van der Waals surface area contributed by atoms with E-state index in [-0.39, 0.29) is 11.9 Å². The van der Waals surface area contributed by atoms with Gasteiger partial charge >= 0.3 is 0 Å². The van der Waals surface area contributed by atoms with Crippen molar-refractivity contribution < 1.29 is 9.53 Å². The summed E-state index contributed by atoms with van der Waals surface area (Å²) in [5.41, 5.74) is 11.6. The molecule has 0 saturated heterocycles. The number of rotatable bonds is 5. The average molecular weight is 271 g/mol. The van der Waals surface area contributed by atoms with Crippen molar-refractivity contribution in [1.82, 2.24) is 0 Å². The van der Waals surface area contributed by atoms with E-state index in [0.717, 1.165) is 5.56 Å². The second kappa shape index (κ2) is 5.59. The number of amides is 1. The number of methoxy groups -OCH3 is 1. The molecule has 100 valence electrons. The molecule has 4 nitrogen and oxygen atoms in total. The van der Waals surface area contributed by atoms with Gasteiger partial charge in [-0.3, -0.25) is 4.79 Å². The molecule has 1 atom stereocenters. The van der Waals surface area contributed by atoms with Gasteiger partial charge in [0.25, 0.3) is 0 Å². The fourth-order valence-electron chi connectivity index (χ4n) is 1.68. The maximum Gasteiger partial charge on any atom is 0.223 e. The second-order valence-electron chi connectivity index (χ2n) is 4.95. The predicted molar refractivity (Wildman–Crippen MR) is 72.5 cm³/mol. The van der Waals surface area contributed by atoms with Crippen LogP contribution < -0.4 is 16.2 Å². The Morgan fingerprint density at radius 3 is 2.56 bits per heavy atom. The van der Waals surface area contributed by atoms with Gasteiger partial charge in [0.05, 0.1) is 12.1 Å². The zero-order chi connectivity index (χ0) is 13.9. The molecule has 5 heteroatoms. The number of nitrogens with two attached hydrogens (primary N) is 2. The van der Waals surface area contributed by atoms with E-state index in [0.29, 0.717) is 17.2 Å². The summed E-state index contributed by atoms with van der Waals surface area (Å²) in [6, 6.07) is 5.06. The number of benzene rings is 1. The van der Waals surface area contributed by atoms with Crippen molar-refractivity contribution in [1.29, 1.82) is 0 Å². The molecule has 0 bridgehead atoms. The summed E-state index contributed by atoms with van der Waals surface area (Å²) < 4.78 is 5.07. The van der Waals surface area contributed by atoms with E-state index in [2.05, 4.69) is 0 Å². The number of ether oxygens (including phenoxy) is 1. The second-order valence-corrected chi connectivity index (χ2v) is 5.36. The van der Waals surface area contributed by atoms with Gasteiger partial charge in [-0.05, 0) is 24.1 Å². The monoisotopic (exact) mass is 270 g/mol. The van der Waals surface area contributed by atoms with E-state index in [9.17, 15) is 4.79 Å². The highest BCUT2D eigenvalue weighted by molar-refractivity contribution is 6.32. The van der Waals surface area contributed by atoms with Crippen molar-refractivity contribution in [2.45, 2.75) is 26.3 Å². The smallest absolute Gasteiger partial charge is 0.223 e. The molecule has 4 N–H and O–H groups in total. The normalized spacial score (nSPS) is 13.2.